The minimum absolute atomic E-state index is 0.0302. The smallest absolute Gasteiger partial charge is 0.265 e. The van der Waals surface area contributed by atoms with Crippen LogP contribution in [0.1, 0.15) is 24.2 Å². The number of halogens is 2. The van der Waals surface area contributed by atoms with E-state index in [1.807, 2.05) is 0 Å². The largest absolute Gasteiger partial charge is 0.481 e. The lowest BCUT2D eigenvalue weighted by Gasteiger charge is -2.15. The van der Waals surface area contributed by atoms with Crippen LogP contribution in [0.25, 0.3) is 0 Å². The summed E-state index contributed by atoms with van der Waals surface area (Å²) in [6.07, 6.45) is -0.739. The molecule has 0 heterocycles. The number of ketones is 1. The first-order chi connectivity index (χ1) is 10.8. The zero-order valence-electron chi connectivity index (χ0n) is 12.6. The third-order valence-electron chi connectivity index (χ3n) is 3.08. The van der Waals surface area contributed by atoms with Gasteiger partial charge in [-0.15, -0.1) is 0 Å². The van der Waals surface area contributed by atoms with Crippen molar-refractivity contribution in [3.8, 4) is 5.75 Å². The second kappa shape index (κ2) is 7.49. The van der Waals surface area contributed by atoms with Crippen LogP contribution in [0.5, 0.6) is 5.75 Å². The number of nitrogens with one attached hydrogen (secondary N) is 1. The Morgan fingerprint density at radius 1 is 1.04 bits per heavy atom. The Kier molecular flexibility index (Phi) is 5.64. The Morgan fingerprint density at radius 3 is 2.13 bits per heavy atom. The number of ether oxygens (including phenoxy) is 1. The molecule has 2 aromatic rings. The average molecular weight is 352 g/mol. The van der Waals surface area contributed by atoms with Crippen LogP contribution in [0.15, 0.2) is 42.5 Å². The third-order valence-corrected chi connectivity index (χ3v) is 3.51. The molecule has 1 amide bonds. The minimum atomic E-state index is -0.739. The zero-order valence-corrected chi connectivity index (χ0v) is 14.1. The molecule has 0 radical (unpaired) electrons. The fraction of sp³-hybridized carbons (Fsp3) is 0.176. The molecule has 0 aliphatic heterocycles. The summed E-state index contributed by atoms with van der Waals surface area (Å²) in [5.74, 6) is 0.0613. The van der Waals surface area contributed by atoms with Gasteiger partial charge in [0.25, 0.3) is 5.91 Å². The van der Waals surface area contributed by atoms with Gasteiger partial charge in [0.1, 0.15) is 5.75 Å². The van der Waals surface area contributed by atoms with Crippen LogP contribution in [0.2, 0.25) is 10.0 Å². The number of benzene rings is 2. The van der Waals surface area contributed by atoms with E-state index >= 15 is 0 Å². The molecule has 0 bridgehead atoms. The predicted molar refractivity (Wildman–Crippen MR) is 91.6 cm³/mol. The van der Waals surface area contributed by atoms with Gasteiger partial charge in [-0.05, 0) is 56.3 Å². The monoisotopic (exact) mass is 351 g/mol. The van der Waals surface area contributed by atoms with Gasteiger partial charge in [-0.3, -0.25) is 9.59 Å². The fourth-order valence-corrected chi connectivity index (χ4v) is 2.39. The van der Waals surface area contributed by atoms with E-state index in [9.17, 15) is 9.59 Å². The first-order valence-electron chi connectivity index (χ1n) is 6.90. The van der Waals surface area contributed by atoms with Crippen molar-refractivity contribution >= 4 is 40.6 Å². The maximum atomic E-state index is 12.1. The van der Waals surface area contributed by atoms with Crippen LogP contribution in [-0.2, 0) is 4.79 Å². The Bertz CT molecular complexity index is 709. The average Bonchev–Trinajstić information content (AvgIpc) is 2.46. The SMILES string of the molecule is CC(=O)c1ccc(NC(=O)[C@@H](C)Oc2cc(Cl)cc(Cl)c2)cc1. The van der Waals surface area contributed by atoms with Gasteiger partial charge < -0.3 is 10.1 Å². The highest BCUT2D eigenvalue weighted by molar-refractivity contribution is 6.34. The minimum Gasteiger partial charge on any atom is -0.481 e. The molecule has 0 aliphatic rings. The molecule has 4 nitrogen and oxygen atoms in total. The van der Waals surface area contributed by atoms with Crippen molar-refractivity contribution in [2.75, 3.05) is 5.32 Å². The molecule has 0 saturated heterocycles. The highest BCUT2D eigenvalue weighted by atomic mass is 35.5. The molecule has 0 unspecified atom stereocenters. The van der Waals surface area contributed by atoms with Crippen molar-refractivity contribution in [3.05, 3.63) is 58.1 Å². The maximum absolute atomic E-state index is 12.1. The molecular formula is C17H15Cl2NO3. The van der Waals surface area contributed by atoms with Crippen LogP contribution >= 0.6 is 23.2 Å². The molecule has 2 rings (SSSR count). The van der Waals surface area contributed by atoms with E-state index in [1.54, 1.807) is 49.4 Å². The summed E-state index contributed by atoms with van der Waals surface area (Å²) in [7, 11) is 0. The molecule has 0 saturated carbocycles. The Hall–Kier alpha value is -2.04. The quantitative estimate of drug-likeness (QED) is 0.800. The number of Topliss-reactive ketones (excluding diaryl/α,β-unsaturated/α-hetero) is 1. The number of rotatable bonds is 5. The van der Waals surface area contributed by atoms with E-state index < -0.39 is 6.10 Å². The number of anilines is 1. The van der Waals surface area contributed by atoms with E-state index in [-0.39, 0.29) is 11.7 Å². The molecule has 0 aliphatic carbocycles. The van der Waals surface area contributed by atoms with Gasteiger partial charge >= 0.3 is 0 Å². The van der Waals surface area contributed by atoms with Crippen molar-refractivity contribution < 1.29 is 14.3 Å². The van der Waals surface area contributed by atoms with Crippen molar-refractivity contribution in [2.24, 2.45) is 0 Å². The van der Waals surface area contributed by atoms with Gasteiger partial charge in [-0.2, -0.15) is 0 Å². The molecular weight excluding hydrogens is 337 g/mol. The lowest BCUT2D eigenvalue weighted by molar-refractivity contribution is -0.122. The van der Waals surface area contributed by atoms with Gasteiger partial charge in [0.15, 0.2) is 11.9 Å². The fourth-order valence-electron chi connectivity index (χ4n) is 1.89. The van der Waals surface area contributed by atoms with E-state index in [0.717, 1.165) is 0 Å². The molecule has 1 atom stereocenters. The molecule has 0 spiro atoms. The number of carbonyl (C=O) groups is 2. The summed E-state index contributed by atoms with van der Waals surface area (Å²) >= 11 is 11.8. The van der Waals surface area contributed by atoms with E-state index in [4.69, 9.17) is 27.9 Å². The summed E-state index contributed by atoms with van der Waals surface area (Å²) in [5.41, 5.74) is 1.17. The van der Waals surface area contributed by atoms with Crippen LogP contribution in [0, 0.1) is 0 Å². The van der Waals surface area contributed by atoms with Gasteiger partial charge in [0, 0.05) is 21.3 Å². The Morgan fingerprint density at radius 2 is 1.61 bits per heavy atom. The summed E-state index contributed by atoms with van der Waals surface area (Å²) in [4.78, 5) is 23.4. The summed E-state index contributed by atoms with van der Waals surface area (Å²) < 4.78 is 5.54. The van der Waals surface area contributed by atoms with Crippen molar-refractivity contribution in [1.29, 1.82) is 0 Å². The number of hydrogen-bond donors (Lipinski definition) is 1. The van der Waals surface area contributed by atoms with Crippen molar-refractivity contribution in [2.45, 2.75) is 20.0 Å². The van der Waals surface area contributed by atoms with Gasteiger partial charge in [-0.1, -0.05) is 23.2 Å². The lowest BCUT2D eigenvalue weighted by atomic mass is 10.1. The standard InChI is InChI=1S/C17H15Cl2NO3/c1-10(21)12-3-5-15(6-4-12)20-17(22)11(2)23-16-8-13(18)7-14(19)9-16/h3-9,11H,1-2H3,(H,20,22)/t11-/m1/s1. The molecule has 1 N–H and O–H groups in total. The second-order valence-electron chi connectivity index (χ2n) is 4.99. The summed E-state index contributed by atoms with van der Waals surface area (Å²) in [6, 6.07) is 11.4. The van der Waals surface area contributed by atoms with Crippen LogP contribution in [-0.4, -0.2) is 17.8 Å². The molecule has 0 aromatic heterocycles. The normalized spacial score (nSPS) is 11.7. The topological polar surface area (TPSA) is 55.4 Å². The van der Waals surface area contributed by atoms with Crippen LogP contribution < -0.4 is 10.1 Å². The maximum Gasteiger partial charge on any atom is 0.265 e. The Labute approximate surface area is 144 Å². The summed E-state index contributed by atoms with van der Waals surface area (Å²) in [5, 5.41) is 3.58. The van der Waals surface area contributed by atoms with E-state index in [1.165, 1.54) is 6.92 Å². The van der Waals surface area contributed by atoms with Crippen molar-refractivity contribution in [3.63, 3.8) is 0 Å². The molecule has 6 heteroatoms. The van der Waals surface area contributed by atoms with Gasteiger partial charge in [0.05, 0.1) is 0 Å². The molecule has 120 valence electrons. The van der Waals surface area contributed by atoms with Gasteiger partial charge in [0.2, 0.25) is 0 Å². The van der Waals surface area contributed by atoms with Crippen LogP contribution in [0.4, 0.5) is 5.69 Å². The lowest BCUT2D eigenvalue weighted by Crippen LogP contribution is -2.30. The van der Waals surface area contributed by atoms with E-state index in [2.05, 4.69) is 5.32 Å². The zero-order chi connectivity index (χ0) is 17.0. The number of amides is 1. The first-order valence-corrected chi connectivity index (χ1v) is 7.65. The van der Waals surface area contributed by atoms with Crippen LogP contribution in [0.3, 0.4) is 0 Å². The second-order valence-corrected chi connectivity index (χ2v) is 5.86. The van der Waals surface area contributed by atoms with Gasteiger partial charge in [-0.25, -0.2) is 0 Å². The number of hydrogen-bond acceptors (Lipinski definition) is 3. The Balaban J connectivity index is 2.00. The van der Waals surface area contributed by atoms with Crippen molar-refractivity contribution in [1.82, 2.24) is 0 Å². The molecule has 23 heavy (non-hydrogen) atoms. The number of carbonyl (C=O) groups excluding carboxylic acids is 2. The highest BCUT2D eigenvalue weighted by Crippen LogP contribution is 2.25. The first kappa shape index (κ1) is 17.3. The molecule has 2 aromatic carbocycles. The van der Waals surface area contributed by atoms with E-state index in [0.29, 0.717) is 27.0 Å². The molecule has 0 fully saturated rings. The predicted octanol–water partition coefficient (Wildman–Crippen LogP) is 4.60. The summed E-state index contributed by atoms with van der Waals surface area (Å²) in [6.45, 7) is 3.10. The highest BCUT2D eigenvalue weighted by Gasteiger charge is 2.15. The third kappa shape index (κ3) is 4.98.